The molecule has 1 fully saturated rings. The lowest BCUT2D eigenvalue weighted by Gasteiger charge is -2.28. The molecule has 0 bridgehead atoms. The van der Waals surface area contributed by atoms with Gasteiger partial charge in [0.15, 0.2) is 0 Å². The molecule has 1 amide bonds. The Morgan fingerprint density at radius 2 is 1.85 bits per heavy atom. The molecular formula is C17H23NO2. The summed E-state index contributed by atoms with van der Waals surface area (Å²) in [5, 5.41) is 0. The van der Waals surface area contributed by atoms with Crippen LogP contribution in [-0.4, -0.2) is 18.7 Å². The Labute approximate surface area is 121 Å². The van der Waals surface area contributed by atoms with Gasteiger partial charge in [-0.15, -0.1) is 0 Å². The Morgan fingerprint density at radius 1 is 1.20 bits per heavy atom. The summed E-state index contributed by atoms with van der Waals surface area (Å²) >= 11 is 0. The lowest BCUT2D eigenvalue weighted by Crippen LogP contribution is -2.38. The van der Waals surface area contributed by atoms with Crippen LogP contribution in [0.25, 0.3) is 0 Å². The predicted octanol–water partition coefficient (Wildman–Crippen LogP) is 3.36. The van der Waals surface area contributed by atoms with Crippen molar-refractivity contribution < 1.29 is 9.59 Å². The van der Waals surface area contributed by atoms with Crippen molar-refractivity contribution in [1.82, 2.24) is 0 Å². The molecule has 3 heteroatoms. The molecule has 3 nitrogen and oxygen atoms in total. The minimum Gasteiger partial charge on any atom is -0.305 e. The van der Waals surface area contributed by atoms with E-state index in [-0.39, 0.29) is 18.4 Å². The summed E-state index contributed by atoms with van der Waals surface area (Å²) in [4.78, 5) is 25.2. The minimum atomic E-state index is 0.0922. The highest BCUT2D eigenvalue weighted by atomic mass is 16.2. The molecule has 1 saturated carbocycles. The summed E-state index contributed by atoms with van der Waals surface area (Å²) < 4.78 is 0. The molecule has 0 heterocycles. The van der Waals surface area contributed by atoms with Crippen LogP contribution in [0.1, 0.15) is 44.6 Å². The van der Waals surface area contributed by atoms with E-state index in [0.717, 1.165) is 44.1 Å². The largest absolute Gasteiger partial charge is 0.305 e. The third-order valence-electron chi connectivity index (χ3n) is 4.13. The number of aldehydes is 1. The zero-order valence-electron chi connectivity index (χ0n) is 12.2. The third-order valence-corrected chi connectivity index (χ3v) is 4.13. The molecule has 0 aliphatic heterocycles. The number of hydrogen-bond acceptors (Lipinski definition) is 2. The number of carbonyl (C=O) groups is 2. The first-order chi connectivity index (χ1) is 9.76. The molecule has 1 aliphatic carbocycles. The number of nitrogens with zero attached hydrogens (tertiary/aromatic N) is 1. The van der Waals surface area contributed by atoms with E-state index in [0.29, 0.717) is 0 Å². The van der Waals surface area contributed by atoms with Crippen molar-refractivity contribution in [2.24, 2.45) is 5.92 Å². The molecule has 0 radical (unpaired) electrons. The van der Waals surface area contributed by atoms with Crippen LogP contribution < -0.4 is 4.90 Å². The van der Waals surface area contributed by atoms with Crippen LogP contribution in [0.2, 0.25) is 0 Å². The normalized spacial score (nSPS) is 15.8. The van der Waals surface area contributed by atoms with Crippen molar-refractivity contribution in [3.05, 3.63) is 29.8 Å². The zero-order chi connectivity index (χ0) is 14.4. The number of aryl methyl sites for hydroxylation is 1. The Bertz CT molecular complexity index is 447. The van der Waals surface area contributed by atoms with Crippen molar-refractivity contribution in [1.29, 1.82) is 0 Å². The zero-order valence-corrected chi connectivity index (χ0v) is 12.2. The van der Waals surface area contributed by atoms with Gasteiger partial charge in [-0.2, -0.15) is 0 Å². The fraction of sp³-hybridized carbons (Fsp3) is 0.529. The van der Waals surface area contributed by atoms with Gasteiger partial charge >= 0.3 is 0 Å². The van der Waals surface area contributed by atoms with E-state index in [1.807, 2.05) is 24.3 Å². The van der Waals surface area contributed by atoms with Gasteiger partial charge in [0, 0.05) is 11.6 Å². The second-order valence-electron chi connectivity index (χ2n) is 5.47. The van der Waals surface area contributed by atoms with E-state index in [2.05, 4.69) is 6.92 Å². The van der Waals surface area contributed by atoms with E-state index < -0.39 is 0 Å². The molecule has 2 rings (SSSR count). The van der Waals surface area contributed by atoms with Gasteiger partial charge in [-0.1, -0.05) is 38.3 Å². The minimum absolute atomic E-state index is 0.0922. The molecule has 1 aliphatic rings. The van der Waals surface area contributed by atoms with Crippen molar-refractivity contribution in [3.8, 4) is 0 Å². The van der Waals surface area contributed by atoms with Crippen LogP contribution in [0.5, 0.6) is 0 Å². The molecule has 0 saturated heterocycles. The lowest BCUT2D eigenvalue weighted by molar-refractivity contribution is -0.124. The highest BCUT2D eigenvalue weighted by molar-refractivity contribution is 5.97. The number of carbonyl (C=O) groups excluding carboxylic acids is 2. The quantitative estimate of drug-likeness (QED) is 0.771. The van der Waals surface area contributed by atoms with Crippen molar-refractivity contribution in [2.75, 3.05) is 11.4 Å². The van der Waals surface area contributed by atoms with Crippen LogP contribution in [0.4, 0.5) is 5.69 Å². The van der Waals surface area contributed by atoms with Gasteiger partial charge in [0.25, 0.3) is 0 Å². The summed E-state index contributed by atoms with van der Waals surface area (Å²) in [6.07, 6.45) is 7.18. The second kappa shape index (κ2) is 7.22. The topological polar surface area (TPSA) is 37.4 Å². The van der Waals surface area contributed by atoms with Crippen LogP contribution in [0.15, 0.2) is 24.3 Å². The highest BCUT2D eigenvalue weighted by Gasteiger charge is 2.26. The Balaban J connectivity index is 2.15. The van der Waals surface area contributed by atoms with Crippen LogP contribution in [0.3, 0.4) is 0 Å². The summed E-state index contributed by atoms with van der Waals surface area (Å²) in [5.74, 6) is 0.204. The monoisotopic (exact) mass is 273 g/mol. The van der Waals surface area contributed by atoms with Crippen molar-refractivity contribution in [2.45, 2.75) is 45.4 Å². The third kappa shape index (κ3) is 3.47. The van der Waals surface area contributed by atoms with Gasteiger partial charge in [0.1, 0.15) is 6.29 Å². The van der Waals surface area contributed by atoms with E-state index in [1.54, 1.807) is 4.90 Å². The van der Waals surface area contributed by atoms with E-state index in [9.17, 15) is 9.59 Å². The molecule has 20 heavy (non-hydrogen) atoms. The molecular weight excluding hydrogens is 250 g/mol. The molecule has 0 atom stereocenters. The Kier molecular flexibility index (Phi) is 5.33. The molecule has 0 unspecified atom stereocenters. The summed E-state index contributed by atoms with van der Waals surface area (Å²) in [5.41, 5.74) is 2.08. The maximum atomic E-state index is 12.6. The molecule has 0 aromatic heterocycles. The van der Waals surface area contributed by atoms with Gasteiger partial charge in [0.2, 0.25) is 5.91 Å². The SMILES string of the molecule is CCc1ccc(N(CC=O)C(=O)C2CCCCC2)cc1. The van der Waals surface area contributed by atoms with Crippen molar-refractivity contribution >= 4 is 17.9 Å². The summed E-state index contributed by atoms with van der Waals surface area (Å²) in [7, 11) is 0. The Hall–Kier alpha value is -1.64. The fourth-order valence-electron chi connectivity index (χ4n) is 2.88. The van der Waals surface area contributed by atoms with Gasteiger partial charge in [-0.25, -0.2) is 0 Å². The molecule has 0 N–H and O–H groups in total. The smallest absolute Gasteiger partial charge is 0.230 e. The molecule has 0 spiro atoms. The maximum Gasteiger partial charge on any atom is 0.230 e. The van der Waals surface area contributed by atoms with Crippen LogP contribution >= 0.6 is 0 Å². The number of benzene rings is 1. The van der Waals surface area contributed by atoms with E-state index >= 15 is 0 Å². The van der Waals surface area contributed by atoms with E-state index in [1.165, 1.54) is 12.0 Å². The first kappa shape index (κ1) is 14.8. The average molecular weight is 273 g/mol. The molecule has 1 aromatic carbocycles. The van der Waals surface area contributed by atoms with Gasteiger partial charge in [-0.05, 0) is 37.0 Å². The van der Waals surface area contributed by atoms with Crippen molar-refractivity contribution in [3.63, 3.8) is 0 Å². The number of anilines is 1. The Morgan fingerprint density at radius 3 is 2.40 bits per heavy atom. The number of hydrogen-bond donors (Lipinski definition) is 0. The maximum absolute atomic E-state index is 12.6. The molecule has 1 aromatic rings. The van der Waals surface area contributed by atoms with Gasteiger partial charge < -0.3 is 9.69 Å². The second-order valence-corrected chi connectivity index (χ2v) is 5.47. The van der Waals surface area contributed by atoms with E-state index in [4.69, 9.17) is 0 Å². The fourth-order valence-corrected chi connectivity index (χ4v) is 2.88. The standard InChI is InChI=1S/C17H23NO2/c1-2-14-8-10-16(11-9-14)18(12-13-19)17(20)15-6-4-3-5-7-15/h8-11,13,15H,2-7,12H2,1H3. The first-order valence-corrected chi connectivity index (χ1v) is 7.60. The summed E-state index contributed by atoms with van der Waals surface area (Å²) in [6.45, 7) is 2.26. The molecule has 108 valence electrons. The van der Waals surface area contributed by atoms with Crippen LogP contribution in [-0.2, 0) is 16.0 Å². The highest BCUT2D eigenvalue weighted by Crippen LogP contribution is 2.27. The lowest BCUT2D eigenvalue weighted by atomic mass is 9.88. The van der Waals surface area contributed by atoms with Crippen LogP contribution in [0, 0.1) is 5.92 Å². The number of amides is 1. The predicted molar refractivity (Wildman–Crippen MR) is 80.8 cm³/mol. The summed E-state index contributed by atoms with van der Waals surface area (Å²) in [6, 6.07) is 7.95. The number of rotatable bonds is 5. The van der Waals surface area contributed by atoms with Gasteiger partial charge in [-0.3, -0.25) is 4.79 Å². The average Bonchev–Trinajstić information content (AvgIpc) is 2.53. The first-order valence-electron chi connectivity index (χ1n) is 7.60. The van der Waals surface area contributed by atoms with Gasteiger partial charge in [0.05, 0.1) is 6.54 Å².